The first-order valence-corrected chi connectivity index (χ1v) is 12.3. The lowest BCUT2D eigenvalue weighted by molar-refractivity contribution is -0.133. The van der Waals surface area contributed by atoms with Crippen molar-refractivity contribution < 1.29 is 13.2 Å². The van der Waals surface area contributed by atoms with Gasteiger partial charge in [0.25, 0.3) is 5.56 Å². The fourth-order valence-corrected chi connectivity index (χ4v) is 5.34. The number of fused-ring (bicyclic) bond motifs is 1. The van der Waals surface area contributed by atoms with Gasteiger partial charge in [-0.15, -0.1) is 0 Å². The van der Waals surface area contributed by atoms with Gasteiger partial charge in [0.1, 0.15) is 6.54 Å². The third kappa shape index (κ3) is 4.69. The van der Waals surface area contributed by atoms with Crippen molar-refractivity contribution in [2.75, 3.05) is 26.2 Å². The zero-order chi connectivity index (χ0) is 23.8. The van der Waals surface area contributed by atoms with Gasteiger partial charge in [-0.05, 0) is 35.2 Å². The normalized spacial score (nSPS) is 15.7. The molecule has 1 saturated heterocycles. The van der Waals surface area contributed by atoms with E-state index in [0.29, 0.717) is 10.9 Å². The van der Waals surface area contributed by atoms with Gasteiger partial charge >= 0.3 is 0 Å². The first-order chi connectivity index (χ1) is 15.6. The van der Waals surface area contributed by atoms with E-state index in [9.17, 15) is 18.0 Å². The van der Waals surface area contributed by atoms with E-state index in [2.05, 4.69) is 25.8 Å². The van der Waals surface area contributed by atoms with Crippen LogP contribution in [-0.2, 0) is 26.8 Å². The second-order valence-corrected chi connectivity index (χ2v) is 11.2. The van der Waals surface area contributed by atoms with Crippen LogP contribution in [0.1, 0.15) is 26.3 Å². The first kappa shape index (κ1) is 23.1. The molecular formula is C24H28N4O4S. The molecule has 8 nitrogen and oxygen atoms in total. The highest BCUT2D eigenvalue weighted by Crippen LogP contribution is 2.25. The Labute approximate surface area is 193 Å². The Kier molecular flexibility index (Phi) is 6.11. The molecule has 1 fully saturated rings. The van der Waals surface area contributed by atoms with E-state index in [4.69, 9.17) is 0 Å². The standard InChI is InChI=1S/C24H28N4O4S/c1-24(2,3)18-8-10-19(11-9-18)33(31,32)28-14-12-26(13-15-28)22(29)16-27-17-25-21-7-5-4-6-20(21)23(27)30/h4-11,17H,12-16H2,1-3H3. The number of hydrogen-bond acceptors (Lipinski definition) is 5. The predicted molar refractivity (Wildman–Crippen MR) is 126 cm³/mol. The van der Waals surface area contributed by atoms with E-state index >= 15 is 0 Å². The number of rotatable bonds is 4. The van der Waals surface area contributed by atoms with Crippen LogP contribution in [0.2, 0.25) is 0 Å². The Morgan fingerprint density at radius 2 is 1.61 bits per heavy atom. The molecule has 2 heterocycles. The van der Waals surface area contributed by atoms with Crippen molar-refractivity contribution >= 4 is 26.8 Å². The second kappa shape index (κ2) is 8.72. The fraction of sp³-hybridized carbons (Fsp3) is 0.375. The average molecular weight is 469 g/mol. The minimum Gasteiger partial charge on any atom is -0.338 e. The quantitative estimate of drug-likeness (QED) is 0.586. The number of hydrogen-bond donors (Lipinski definition) is 0. The molecule has 0 saturated carbocycles. The van der Waals surface area contributed by atoms with Gasteiger partial charge in [0.05, 0.1) is 22.1 Å². The molecule has 1 aliphatic heterocycles. The van der Waals surface area contributed by atoms with E-state index in [0.717, 1.165) is 5.56 Å². The maximum atomic E-state index is 13.1. The van der Waals surface area contributed by atoms with Crippen LogP contribution in [0.15, 0.2) is 64.5 Å². The number of benzene rings is 2. The molecule has 0 atom stereocenters. The number of sulfonamides is 1. The monoisotopic (exact) mass is 468 g/mol. The summed E-state index contributed by atoms with van der Waals surface area (Å²) in [5.74, 6) is -0.235. The number of nitrogens with zero attached hydrogens (tertiary/aromatic N) is 4. The molecular weight excluding hydrogens is 440 g/mol. The van der Waals surface area contributed by atoms with Crippen LogP contribution in [0.25, 0.3) is 10.9 Å². The number of amides is 1. The van der Waals surface area contributed by atoms with Crippen LogP contribution in [-0.4, -0.2) is 59.3 Å². The smallest absolute Gasteiger partial charge is 0.261 e. The summed E-state index contributed by atoms with van der Waals surface area (Å²) in [5, 5.41) is 0.459. The molecule has 0 bridgehead atoms. The Balaban J connectivity index is 1.41. The Morgan fingerprint density at radius 3 is 2.24 bits per heavy atom. The van der Waals surface area contributed by atoms with Crippen molar-refractivity contribution in [1.29, 1.82) is 0 Å². The minimum absolute atomic E-state index is 0.0587. The summed E-state index contributed by atoms with van der Waals surface area (Å²) in [5.41, 5.74) is 1.32. The zero-order valence-electron chi connectivity index (χ0n) is 19.1. The number of para-hydroxylation sites is 1. The summed E-state index contributed by atoms with van der Waals surface area (Å²) >= 11 is 0. The summed E-state index contributed by atoms with van der Waals surface area (Å²) in [7, 11) is -3.63. The number of aromatic nitrogens is 2. The molecule has 0 spiro atoms. The van der Waals surface area contributed by atoms with E-state index in [1.807, 2.05) is 12.1 Å². The fourth-order valence-electron chi connectivity index (χ4n) is 3.92. The maximum absolute atomic E-state index is 13.1. The molecule has 0 unspecified atom stereocenters. The summed E-state index contributed by atoms with van der Waals surface area (Å²) < 4.78 is 28.8. The molecule has 1 aromatic heterocycles. The molecule has 9 heteroatoms. The molecule has 33 heavy (non-hydrogen) atoms. The topological polar surface area (TPSA) is 92.6 Å². The van der Waals surface area contributed by atoms with Crippen molar-refractivity contribution in [3.05, 3.63) is 70.8 Å². The lowest BCUT2D eigenvalue weighted by Crippen LogP contribution is -2.51. The van der Waals surface area contributed by atoms with Crippen molar-refractivity contribution in [2.45, 2.75) is 37.6 Å². The molecule has 3 aromatic rings. The van der Waals surface area contributed by atoms with E-state index in [-0.39, 0.29) is 54.5 Å². The summed E-state index contributed by atoms with van der Waals surface area (Å²) in [6.45, 7) is 7.07. The highest BCUT2D eigenvalue weighted by atomic mass is 32.2. The predicted octanol–water partition coefficient (Wildman–Crippen LogP) is 2.23. The van der Waals surface area contributed by atoms with Crippen molar-refractivity contribution in [3.8, 4) is 0 Å². The van der Waals surface area contributed by atoms with Gasteiger partial charge in [0.15, 0.2) is 0 Å². The molecule has 2 aromatic carbocycles. The second-order valence-electron chi connectivity index (χ2n) is 9.25. The van der Waals surface area contributed by atoms with Crippen LogP contribution in [0.3, 0.4) is 0 Å². The Morgan fingerprint density at radius 1 is 0.970 bits per heavy atom. The summed E-state index contributed by atoms with van der Waals surface area (Å²) in [4.78, 5) is 31.5. The molecule has 0 aliphatic carbocycles. The largest absolute Gasteiger partial charge is 0.338 e. The van der Waals surface area contributed by atoms with Crippen molar-refractivity contribution in [1.82, 2.24) is 18.8 Å². The van der Waals surface area contributed by atoms with Gasteiger partial charge in [-0.2, -0.15) is 4.31 Å². The van der Waals surface area contributed by atoms with Gasteiger partial charge in [0, 0.05) is 26.2 Å². The summed E-state index contributed by atoms with van der Waals surface area (Å²) in [6.07, 6.45) is 1.38. The average Bonchev–Trinajstić information content (AvgIpc) is 2.80. The van der Waals surface area contributed by atoms with Crippen molar-refractivity contribution in [2.24, 2.45) is 0 Å². The molecule has 4 rings (SSSR count). The SMILES string of the molecule is CC(C)(C)c1ccc(S(=O)(=O)N2CCN(C(=O)Cn3cnc4ccccc4c3=O)CC2)cc1. The summed E-state index contributed by atoms with van der Waals surface area (Å²) in [6, 6.07) is 14.0. The van der Waals surface area contributed by atoms with Crippen LogP contribution in [0.5, 0.6) is 0 Å². The van der Waals surface area contributed by atoms with E-state index < -0.39 is 10.0 Å². The molecule has 0 N–H and O–H groups in total. The molecule has 1 amide bonds. The highest BCUT2D eigenvalue weighted by molar-refractivity contribution is 7.89. The molecule has 174 valence electrons. The van der Waals surface area contributed by atoms with E-state index in [1.54, 1.807) is 41.3 Å². The minimum atomic E-state index is -3.63. The highest BCUT2D eigenvalue weighted by Gasteiger charge is 2.30. The van der Waals surface area contributed by atoms with E-state index in [1.165, 1.54) is 15.2 Å². The Bertz CT molecular complexity index is 1330. The third-order valence-corrected chi connectivity index (χ3v) is 7.90. The van der Waals surface area contributed by atoms with Gasteiger partial charge in [-0.3, -0.25) is 14.2 Å². The van der Waals surface area contributed by atoms with Crippen molar-refractivity contribution in [3.63, 3.8) is 0 Å². The van der Waals surface area contributed by atoms with Gasteiger partial charge < -0.3 is 4.90 Å². The van der Waals surface area contributed by atoms with Gasteiger partial charge in [-0.1, -0.05) is 45.0 Å². The lowest BCUT2D eigenvalue weighted by atomic mass is 9.87. The number of piperazine rings is 1. The number of carbonyl (C=O) groups is 1. The molecule has 1 aliphatic rings. The van der Waals surface area contributed by atoms with Crippen LogP contribution in [0.4, 0.5) is 0 Å². The first-order valence-electron chi connectivity index (χ1n) is 10.9. The molecule has 0 radical (unpaired) electrons. The van der Waals surface area contributed by atoms with Crippen LogP contribution >= 0.6 is 0 Å². The van der Waals surface area contributed by atoms with Gasteiger partial charge in [-0.25, -0.2) is 13.4 Å². The maximum Gasteiger partial charge on any atom is 0.261 e. The Hall–Kier alpha value is -3.04. The van der Waals surface area contributed by atoms with Crippen LogP contribution in [0, 0.1) is 0 Å². The van der Waals surface area contributed by atoms with Gasteiger partial charge in [0.2, 0.25) is 15.9 Å². The third-order valence-electron chi connectivity index (χ3n) is 5.99. The lowest BCUT2D eigenvalue weighted by Gasteiger charge is -2.34. The van der Waals surface area contributed by atoms with Crippen LogP contribution < -0.4 is 5.56 Å². The number of carbonyl (C=O) groups excluding carboxylic acids is 1. The zero-order valence-corrected chi connectivity index (χ0v) is 19.9.